The van der Waals surface area contributed by atoms with E-state index >= 15 is 0 Å². The molecule has 0 fully saturated rings. The number of anilines is 1. The summed E-state index contributed by atoms with van der Waals surface area (Å²) < 4.78 is 37.8. The van der Waals surface area contributed by atoms with E-state index in [4.69, 9.17) is 0 Å². The third-order valence-corrected chi connectivity index (χ3v) is 2.88. The molecule has 0 aromatic heterocycles. The summed E-state index contributed by atoms with van der Waals surface area (Å²) in [6.45, 7) is 1.92. The van der Waals surface area contributed by atoms with Gasteiger partial charge in [0.1, 0.15) is 12.2 Å². The molecule has 0 radical (unpaired) electrons. The van der Waals surface area contributed by atoms with Crippen LogP contribution in [0.15, 0.2) is 18.2 Å². The van der Waals surface area contributed by atoms with Crippen LogP contribution in [0.25, 0.3) is 0 Å². The largest absolute Gasteiger partial charge is 0.405 e. The SMILES string of the molecule is CCCN(CC(F)(F)F)c1ccc([C@H](C)O)cc1[N+](=O)[O-]. The van der Waals surface area contributed by atoms with Crippen LogP contribution in [0.5, 0.6) is 0 Å². The molecule has 1 aromatic rings. The second-order valence-corrected chi connectivity index (χ2v) is 4.72. The first-order valence-electron chi connectivity index (χ1n) is 6.43. The third kappa shape index (κ3) is 4.89. The zero-order chi connectivity index (χ0) is 16.2. The van der Waals surface area contributed by atoms with Crippen molar-refractivity contribution in [1.29, 1.82) is 0 Å². The summed E-state index contributed by atoms with van der Waals surface area (Å²) in [7, 11) is 0. The number of hydrogen-bond acceptors (Lipinski definition) is 4. The summed E-state index contributed by atoms with van der Waals surface area (Å²) in [6.07, 6.45) is -4.96. The maximum absolute atomic E-state index is 12.6. The summed E-state index contributed by atoms with van der Waals surface area (Å²) in [5.74, 6) is 0. The quantitative estimate of drug-likeness (QED) is 0.646. The second-order valence-electron chi connectivity index (χ2n) is 4.72. The number of nitro groups is 1. The zero-order valence-corrected chi connectivity index (χ0v) is 11.7. The van der Waals surface area contributed by atoms with Crippen molar-refractivity contribution in [3.05, 3.63) is 33.9 Å². The van der Waals surface area contributed by atoms with E-state index in [-0.39, 0.29) is 17.8 Å². The summed E-state index contributed by atoms with van der Waals surface area (Å²) >= 11 is 0. The highest BCUT2D eigenvalue weighted by Crippen LogP contribution is 2.33. The first kappa shape index (κ1) is 17.2. The van der Waals surface area contributed by atoms with Crippen molar-refractivity contribution in [1.82, 2.24) is 0 Å². The summed E-state index contributed by atoms with van der Waals surface area (Å²) in [6, 6.07) is 3.76. The molecular formula is C13H17F3N2O3. The van der Waals surface area contributed by atoms with E-state index in [1.165, 1.54) is 19.1 Å². The Morgan fingerprint density at radius 3 is 2.48 bits per heavy atom. The summed E-state index contributed by atoms with van der Waals surface area (Å²) in [4.78, 5) is 11.3. The van der Waals surface area contributed by atoms with Gasteiger partial charge in [0.25, 0.3) is 5.69 Å². The molecule has 0 bridgehead atoms. The van der Waals surface area contributed by atoms with Crippen LogP contribution in [-0.4, -0.2) is 29.3 Å². The van der Waals surface area contributed by atoms with Crippen LogP contribution in [0.2, 0.25) is 0 Å². The Morgan fingerprint density at radius 1 is 1.43 bits per heavy atom. The molecule has 0 aliphatic heterocycles. The van der Waals surface area contributed by atoms with Crippen molar-refractivity contribution in [3.8, 4) is 0 Å². The van der Waals surface area contributed by atoms with E-state index in [0.29, 0.717) is 6.42 Å². The average Bonchev–Trinajstić information content (AvgIpc) is 2.35. The van der Waals surface area contributed by atoms with E-state index in [2.05, 4.69) is 0 Å². The van der Waals surface area contributed by atoms with Crippen molar-refractivity contribution in [2.24, 2.45) is 0 Å². The molecule has 1 rings (SSSR count). The summed E-state index contributed by atoms with van der Waals surface area (Å²) in [5, 5.41) is 20.5. The minimum atomic E-state index is -4.45. The molecule has 0 heterocycles. The number of nitro benzene ring substituents is 1. The van der Waals surface area contributed by atoms with E-state index in [1.807, 2.05) is 0 Å². The number of nitrogens with zero attached hydrogens (tertiary/aromatic N) is 2. The lowest BCUT2D eigenvalue weighted by Gasteiger charge is -2.25. The van der Waals surface area contributed by atoms with Crippen LogP contribution in [0, 0.1) is 10.1 Å². The lowest BCUT2D eigenvalue weighted by molar-refractivity contribution is -0.384. The monoisotopic (exact) mass is 306 g/mol. The van der Waals surface area contributed by atoms with E-state index < -0.39 is 29.4 Å². The number of rotatable bonds is 6. The van der Waals surface area contributed by atoms with Gasteiger partial charge in [0, 0.05) is 12.6 Å². The molecule has 0 unspecified atom stereocenters. The fraction of sp³-hybridized carbons (Fsp3) is 0.538. The molecule has 5 nitrogen and oxygen atoms in total. The van der Waals surface area contributed by atoms with E-state index in [0.717, 1.165) is 11.0 Å². The third-order valence-electron chi connectivity index (χ3n) is 2.88. The zero-order valence-electron chi connectivity index (χ0n) is 11.7. The Labute approximate surface area is 120 Å². The molecule has 0 aliphatic rings. The van der Waals surface area contributed by atoms with Gasteiger partial charge in [0.15, 0.2) is 0 Å². The molecule has 8 heteroatoms. The van der Waals surface area contributed by atoms with Gasteiger partial charge in [-0.05, 0) is 25.0 Å². The van der Waals surface area contributed by atoms with E-state index in [9.17, 15) is 28.4 Å². The first-order chi connectivity index (χ1) is 9.65. The van der Waals surface area contributed by atoms with E-state index in [1.54, 1.807) is 6.92 Å². The number of halogens is 3. The Kier molecular flexibility index (Phi) is 5.54. The first-order valence-corrected chi connectivity index (χ1v) is 6.43. The molecule has 0 saturated carbocycles. The molecular weight excluding hydrogens is 289 g/mol. The Hall–Kier alpha value is -1.83. The molecule has 118 valence electrons. The van der Waals surface area contributed by atoms with Gasteiger partial charge in [-0.15, -0.1) is 0 Å². The van der Waals surface area contributed by atoms with Gasteiger partial charge in [0.05, 0.1) is 11.0 Å². The highest BCUT2D eigenvalue weighted by molar-refractivity contribution is 5.64. The Morgan fingerprint density at radius 2 is 2.05 bits per heavy atom. The van der Waals surface area contributed by atoms with Gasteiger partial charge in [-0.3, -0.25) is 10.1 Å². The second kappa shape index (κ2) is 6.75. The fourth-order valence-electron chi connectivity index (χ4n) is 1.98. The number of benzene rings is 1. The highest BCUT2D eigenvalue weighted by atomic mass is 19.4. The van der Waals surface area contributed by atoms with Gasteiger partial charge in [0.2, 0.25) is 0 Å². The number of hydrogen-bond donors (Lipinski definition) is 1. The number of aliphatic hydroxyl groups excluding tert-OH is 1. The van der Waals surface area contributed by atoms with Crippen molar-refractivity contribution in [2.45, 2.75) is 32.5 Å². The van der Waals surface area contributed by atoms with Crippen LogP contribution in [0.1, 0.15) is 31.9 Å². The maximum atomic E-state index is 12.6. The molecule has 1 aromatic carbocycles. The predicted molar refractivity (Wildman–Crippen MR) is 72.3 cm³/mol. The molecule has 1 atom stereocenters. The molecule has 0 saturated heterocycles. The Balaban J connectivity index is 3.26. The van der Waals surface area contributed by atoms with Crippen LogP contribution in [-0.2, 0) is 0 Å². The van der Waals surface area contributed by atoms with Gasteiger partial charge in [-0.2, -0.15) is 13.2 Å². The van der Waals surface area contributed by atoms with Crippen LogP contribution < -0.4 is 4.90 Å². The predicted octanol–water partition coefficient (Wildman–Crippen LogP) is 3.43. The van der Waals surface area contributed by atoms with Crippen molar-refractivity contribution >= 4 is 11.4 Å². The molecule has 0 spiro atoms. The van der Waals surface area contributed by atoms with Gasteiger partial charge >= 0.3 is 6.18 Å². The summed E-state index contributed by atoms with van der Waals surface area (Å²) in [5.41, 5.74) is -0.247. The van der Waals surface area contributed by atoms with Crippen molar-refractivity contribution in [3.63, 3.8) is 0 Å². The maximum Gasteiger partial charge on any atom is 0.405 e. The van der Waals surface area contributed by atoms with Gasteiger partial charge < -0.3 is 10.0 Å². The van der Waals surface area contributed by atoms with Crippen LogP contribution >= 0.6 is 0 Å². The molecule has 21 heavy (non-hydrogen) atoms. The normalized spacial score (nSPS) is 13.0. The van der Waals surface area contributed by atoms with Crippen molar-refractivity contribution < 1.29 is 23.2 Å². The topological polar surface area (TPSA) is 66.6 Å². The van der Waals surface area contributed by atoms with Gasteiger partial charge in [-0.25, -0.2) is 0 Å². The molecule has 0 aliphatic carbocycles. The number of aliphatic hydroxyl groups is 1. The number of alkyl halides is 3. The molecule has 1 N–H and O–H groups in total. The lowest BCUT2D eigenvalue weighted by atomic mass is 10.1. The highest BCUT2D eigenvalue weighted by Gasteiger charge is 2.33. The average molecular weight is 306 g/mol. The lowest BCUT2D eigenvalue weighted by Crippen LogP contribution is -2.35. The standard InChI is InChI=1S/C13H17F3N2O3/c1-3-6-17(8-13(14,15)16)11-5-4-10(9(2)19)7-12(11)18(20)21/h4-5,7,9,19H,3,6,8H2,1-2H3/t9-/m0/s1. The smallest absolute Gasteiger partial charge is 0.389 e. The fourth-order valence-corrected chi connectivity index (χ4v) is 1.98. The van der Waals surface area contributed by atoms with Crippen LogP contribution in [0.3, 0.4) is 0 Å². The minimum absolute atomic E-state index is 0.0500. The Bertz CT molecular complexity index is 504. The van der Waals surface area contributed by atoms with Crippen LogP contribution in [0.4, 0.5) is 24.5 Å². The van der Waals surface area contributed by atoms with Gasteiger partial charge in [-0.1, -0.05) is 13.0 Å². The molecule has 0 amide bonds. The minimum Gasteiger partial charge on any atom is -0.389 e. The van der Waals surface area contributed by atoms with Crippen molar-refractivity contribution in [2.75, 3.05) is 18.0 Å².